The van der Waals surface area contributed by atoms with Crippen LogP contribution < -0.4 is 0 Å². The second-order valence-corrected chi connectivity index (χ2v) is 3.27. The second-order valence-electron chi connectivity index (χ2n) is 3.27. The highest BCUT2D eigenvalue weighted by atomic mass is 16.5. The molecule has 1 aromatic heterocycles. The van der Waals surface area contributed by atoms with E-state index in [1.807, 2.05) is 18.2 Å². The minimum absolute atomic E-state index is 0.307. The van der Waals surface area contributed by atoms with Crippen molar-refractivity contribution in [3.8, 4) is 0 Å². The van der Waals surface area contributed by atoms with Gasteiger partial charge in [0.25, 0.3) is 0 Å². The average Bonchev–Trinajstić information content (AvgIpc) is 2.87. The van der Waals surface area contributed by atoms with Crippen LogP contribution in [0.5, 0.6) is 0 Å². The number of nitrogens with zero attached hydrogens (tertiary/aromatic N) is 2. The maximum absolute atomic E-state index is 11.5. The predicted molar refractivity (Wildman–Crippen MR) is 50.1 cm³/mol. The quantitative estimate of drug-likeness (QED) is 0.700. The fourth-order valence-electron chi connectivity index (χ4n) is 1.70. The number of nitrogens with one attached hydrogen (secondary N) is 1. The molecule has 0 spiro atoms. The second kappa shape index (κ2) is 2.91. The Kier molecular flexibility index (Phi) is 1.58. The molecule has 1 N–H and O–H groups in total. The summed E-state index contributed by atoms with van der Waals surface area (Å²) in [5, 5.41) is 10.1. The largest absolute Gasteiger partial charge is 0.447 e. The number of cyclic esters (lactones) is 1. The molecule has 0 amide bonds. The number of benzene rings is 1. The van der Waals surface area contributed by atoms with Gasteiger partial charge in [-0.3, -0.25) is 0 Å². The van der Waals surface area contributed by atoms with Crippen molar-refractivity contribution < 1.29 is 9.53 Å². The number of aromatic nitrogens is 3. The third kappa shape index (κ3) is 1.13. The highest BCUT2D eigenvalue weighted by Crippen LogP contribution is 2.33. The highest BCUT2D eigenvalue weighted by Gasteiger charge is 2.33. The molecule has 1 aromatic carbocycles. The Labute approximate surface area is 85.1 Å². The number of esters is 1. The van der Waals surface area contributed by atoms with E-state index in [4.69, 9.17) is 4.74 Å². The SMILES string of the molecule is O=C1OC(c2cn[nH]n2)c2ccccc21. The van der Waals surface area contributed by atoms with Crippen molar-refractivity contribution in [3.05, 3.63) is 47.3 Å². The van der Waals surface area contributed by atoms with Gasteiger partial charge < -0.3 is 4.74 Å². The zero-order valence-electron chi connectivity index (χ0n) is 7.68. The van der Waals surface area contributed by atoms with Gasteiger partial charge in [0.1, 0.15) is 5.69 Å². The van der Waals surface area contributed by atoms with Crippen molar-refractivity contribution in [1.29, 1.82) is 0 Å². The molecule has 0 radical (unpaired) electrons. The van der Waals surface area contributed by atoms with Gasteiger partial charge in [-0.1, -0.05) is 18.2 Å². The number of ether oxygens (including phenoxy) is 1. The zero-order valence-corrected chi connectivity index (χ0v) is 7.68. The van der Waals surface area contributed by atoms with Crippen LogP contribution in [0.1, 0.15) is 27.7 Å². The van der Waals surface area contributed by atoms with E-state index >= 15 is 0 Å². The number of fused-ring (bicyclic) bond motifs is 1. The van der Waals surface area contributed by atoms with Crippen LogP contribution in [0.25, 0.3) is 0 Å². The van der Waals surface area contributed by atoms with Gasteiger partial charge in [-0.15, -0.1) is 0 Å². The third-order valence-corrected chi connectivity index (χ3v) is 2.39. The minimum atomic E-state index is -0.424. The third-order valence-electron chi connectivity index (χ3n) is 2.39. The summed E-state index contributed by atoms with van der Waals surface area (Å²) in [6.45, 7) is 0. The van der Waals surface area contributed by atoms with Crippen molar-refractivity contribution in [3.63, 3.8) is 0 Å². The lowest BCUT2D eigenvalue weighted by Crippen LogP contribution is -2.00. The minimum Gasteiger partial charge on any atom is -0.447 e. The summed E-state index contributed by atoms with van der Waals surface area (Å²) in [6, 6.07) is 7.29. The van der Waals surface area contributed by atoms with Gasteiger partial charge in [-0.25, -0.2) is 4.79 Å². The van der Waals surface area contributed by atoms with Crippen LogP contribution in [0.3, 0.4) is 0 Å². The summed E-state index contributed by atoms with van der Waals surface area (Å²) in [5.74, 6) is -0.307. The molecular formula is C10H7N3O2. The van der Waals surface area contributed by atoms with Crippen LogP contribution >= 0.6 is 0 Å². The first kappa shape index (κ1) is 8.16. The van der Waals surface area contributed by atoms with E-state index < -0.39 is 6.10 Å². The first-order chi connectivity index (χ1) is 7.36. The van der Waals surface area contributed by atoms with E-state index in [0.717, 1.165) is 5.56 Å². The van der Waals surface area contributed by atoms with Crippen LogP contribution in [-0.4, -0.2) is 21.4 Å². The number of aromatic amines is 1. The molecule has 0 aliphatic carbocycles. The van der Waals surface area contributed by atoms with Gasteiger partial charge in [-0.2, -0.15) is 15.4 Å². The molecule has 0 saturated carbocycles. The fraction of sp³-hybridized carbons (Fsp3) is 0.100. The normalized spacial score (nSPS) is 18.7. The Balaban J connectivity index is 2.13. The molecule has 2 heterocycles. The smallest absolute Gasteiger partial charge is 0.339 e. The summed E-state index contributed by atoms with van der Waals surface area (Å²) >= 11 is 0. The van der Waals surface area contributed by atoms with Crippen LogP contribution in [0.4, 0.5) is 0 Å². The summed E-state index contributed by atoms with van der Waals surface area (Å²) < 4.78 is 5.21. The first-order valence-corrected chi connectivity index (χ1v) is 4.52. The molecule has 5 heteroatoms. The van der Waals surface area contributed by atoms with Gasteiger partial charge in [0, 0.05) is 5.56 Å². The lowest BCUT2D eigenvalue weighted by Gasteiger charge is -2.05. The molecule has 0 fully saturated rings. The molecule has 2 aromatic rings. The van der Waals surface area contributed by atoms with Gasteiger partial charge in [0.15, 0.2) is 6.10 Å². The standard InChI is InChI=1S/C10H7N3O2/c14-10-7-4-2-1-3-6(7)9(15-10)8-5-11-13-12-8/h1-5,9H,(H,11,12,13). The van der Waals surface area contributed by atoms with Gasteiger partial charge >= 0.3 is 5.97 Å². The van der Waals surface area contributed by atoms with Crippen LogP contribution in [0, 0.1) is 0 Å². The van der Waals surface area contributed by atoms with E-state index in [2.05, 4.69) is 15.4 Å². The Hall–Kier alpha value is -2.17. The Bertz CT molecular complexity index is 507. The number of carbonyl (C=O) groups excluding carboxylic acids is 1. The van der Waals surface area contributed by atoms with Crippen LogP contribution in [-0.2, 0) is 4.74 Å². The lowest BCUT2D eigenvalue weighted by atomic mass is 10.0. The maximum atomic E-state index is 11.5. The van der Waals surface area contributed by atoms with Crippen molar-refractivity contribution in [2.45, 2.75) is 6.10 Å². The van der Waals surface area contributed by atoms with Crippen LogP contribution in [0.2, 0.25) is 0 Å². The molecular weight excluding hydrogens is 194 g/mol. The number of hydrogen-bond acceptors (Lipinski definition) is 4. The highest BCUT2D eigenvalue weighted by molar-refractivity contribution is 5.94. The monoisotopic (exact) mass is 201 g/mol. The molecule has 0 bridgehead atoms. The number of H-pyrrole nitrogens is 1. The van der Waals surface area contributed by atoms with Gasteiger partial charge in [0.05, 0.1) is 11.8 Å². The molecule has 3 rings (SSSR count). The summed E-state index contributed by atoms with van der Waals surface area (Å²) in [6.07, 6.45) is 1.13. The maximum Gasteiger partial charge on any atom is 0.339 e. The molecule has 0 saturated heterocycles. The van der Waals surface area contributed by atoms with E-state index in [1.165, 1.54) is 0 Å². The Morgan fingerprint density at radius 1 is 1.33 bits per heavy atom. The number of carbonyl (C=O) groups is 1. The lowest BCUT2D eigenvalue weighted by molar-refractivity contribution is 0.0449. The van der Waals surface area contributed by atoms with E-state index in [1.54, 1.807) is 12.3 Å². The van der Waals surface area contributed by atoms with Crippen molar-refractivity contribution in [2.75, 3.05) is 0 Å². The molecule has 5 nitrogen and oxygen atoms in total. The first-order valence-electron chi connectivity index (χ1n) is 4.52. The van der Waals surface area contributed by atoms with Gasteiger partial charge in [0.2, 0.25) is 0 Å². The molecule has 1 aliphatic rings. The van der Waals surface area contributed by atoms with Crippen molar-refractivity contribution in [1.82, 2.24) is 15.4 Å². The van der Waals surface area contributed by atoms with Crippen molar-refractivity contribution in [2.24, 2.45) is 0 Å². The Morgan fingerprint density at radius 3 is 3.00 bits per heavy atom. The average molecular weight is 201 g/mol. The molecule has 74 valence electrons. The molecule has 1 unspecified atom stereocenters. The van der Waals surface area contributed by atoms with E-state index in [0.29, 0.717) is 11.3 Å². The van der Waals surface area contributed by atoms with E-state index in [-0.39, 0.29) is 5.97 Å². The summed E-state index contributed by atoms with van der Waals surface area (Å²) in [4.78, 5) is 11.5. The molecule has 15 heavy (non-hydrogen) atoms. The van der Waals surface area contributed by atoms with Gasteiger partial charge in [-0.05, 0) is 6.07 Å². The molecule has 1 atom stereocenters. The van der Waals surface area contributed by atoms with E-state index in [9.17, 15) is 4.79 Å². The summed E-state index contributed by atoms with van der Waals surface area (Å²) in [5.41, 5.74) is 2.07. The number of hydrogen-bond donors (Lipinski definition) is 1. The Morgan fingerprint density at radius 2 is 2.20 bits per heavy atom. The fourth-order valence-corrected chi connectivity index (χ4v) is 1.70. The topological polar surface area (TPSA) is 67.9 Å². The number of rotatable bonds is 1. The van der Waals surface area contributed by atoms with Crippen LogP contribution in [0.15, 0.2) is 30.5 Å². The molecule has 1 aliphatic heterocycles. The van der Waals surface area contributed by atoms with Crippen molar-refractivity contribution >= 4 is 5.97 Å². The zero-order chi connectivity index (χ0) is 10.3. The summed E-state index contributed by atoms with van der Waals surface area (Å²) in [7, 11) is 0. The predicted octanol–water partition coefficient (Wildman–Crippen LogP) is 1.06.